The van der Waals surface area contributed by atoms with Crippen molar-refractivity contribution in [1.29, 1.82) is 0 Å². The van der Waals surface area contributed by atoms with E-state index in [1.165, 1.54) is 5.57 Å². The molecule has 5 rings (SSSR count). The number of rotatable bonds is 2. The number of aliphatic hydroxyl groups excluding tert-OH is 1. The van der Waals surface area contributed by atoms with Crippen molar-refractivity contribution in [3.8, 4) is 0 Å². The van der Waals surface area contributed by atoms with Crippen LogP contribution in [0.3, 0.4) is 0 Å². The maximum Gasteiger partial charge on any atom is 0.312 e. The maximum absolute atomic E-state index is 13.6. The van der Waals surface area contributed by atoms with Crippen molar-refractivity contribution < 1.29 is 19.4 Å². The first-order valence-electron chi connectivity index (χ1n) is 14.8. The smallest absolute Gasteiger partial charge is 0.312 e. The standard InChI is InChI=1S/C34H48O4/c1-10-34-18-16-32(8)23-19-24(35)27(36)21(2)22(23)11-12-25(32)33(34,9)17-15-30(6)13-14-31(7,20-26(30)34)28(37)38-29(3,4)5/h11-12,19,26,36H,10,13-18,20H2,1-9H3/t26-,30-,31-,32+,33-,34+/m1/s1. The predicted octanol–water partition coefficient (Wildman–Crippen LogP) is 8.34. The Morgan fingerprint density at radius 3 is 2.32 bits per heavy atom. The molecule has 0 unspecified atom stereocenters. The fourth-order valence-electron chi connectivity index (χ4n) is 9.61. The number of carbonyl (C=O) groups excluding carboxylic acids is 2. The van der Waals surface area contributed by atoms with Crippen molar-refractivity contribution >= 4 is 11.8 Å². The SMILES string of the molecule is CC[C@@]12CC[C@@]3(C)C4=CC(=O)C(O)=C(C)C4=CC=C3[C@@]1(C)CC[C@@]1(C)CC[C@@](C)(C(=O)OC(C)(C)C)C[C@H]12. The molecular formula is C34H48O4. The lowest BCUT2D eigenvalue weighted by molar-refractivity contribution is -0.194. The van der Waals surface area contributed by atoms with Gasteiger partial charge in [-0.25, -0.2) is 0 Å². The van der Waals surface area contributed by atoms with E-state index in [1.807, 2.05) is 27.7 Å². The van der Waals surface area contributed by atoms with Crippen LogP contribution in [0, 0.1) is 33.0 Å². The average Bonchev–Trinajstić information content (AvgIpc) is 2.83. The Kier molecular flexibility index (Phi) is 5.93. The normalized spacial score (nSPS) is 42.6. The Hall–Kier alpha value is -2.10. The van der Waals surface area contributed by atoms with Crippen molar-refractivity contribution in [3.05, 3.63) is 46.3 Å². The van der Waals surface area contributed by atoms with Gasteiger partial charge in [-0.1, -0.05) is 45.4 Å². The fraction of sp³-hybridized carbons (Fsp3) is 0.706. The largest absolute Gasteiger partial charge is 0.504 e. The number of ketones is 1. The number of esters is 1. The lowest BCUT2D eigenvalue weighted by atomic mass is 9.33. The Labute approximate surface area is 229 Å². The van der Waals surface area contributed by atoms with Crippen LogP contribution in [-0.4, -0.2) is 22.5 Å². The van der Waals surface area contributed by atoms with Gasteiger partial charge in [0.15, 0.2) is 5.76 Å². The highest BCUT2D eigenvalue weighted by molar-refractivity contribution is 6.06. The highest BCUT2D eigenvalue weighted by Gasteiger charge is 2.68. The molecule has 6 atom stereocenters. The van der Waals surface area contributed by atoms with E-state index in [1.54, 1.807) is 6.08 Å². The zero-order chi connectivity index (χ0) is 28.1. The molecule has 0 aromatic rings. The summed E-state index contributed by atoms with van der Waals surface area (Å²) < 4.78 is 5.99. The number of hydrogen-bond donors (Lipinski definition) is 1. The van der Waals surface area contributed by atoms with E-state index in [9.17, 15) is 14.7 Å². The van der Waals surface area contributed by atoms with Crippen LogP contribution >= 0.6 is 0 Å². The molecule has 0 saturated heterocycles. The Morgan fingerprint density at radius 1 is 1.03 bits per heavy atom. The average molecular weight is 521 g/mol. The summed E-state index contributed by atoms with van der Waals surface area (Å²) in [6.07, 6.45) is 14.4. The molecule has 3 saturated carbocycles. The molecule has 5 aliphatic carbocycles. The van der Waals surface area contributed by atoms with Crippen molar-refractivity contribution in [2.24, 2.45) is 33.0 Å². The number of fused-ring (bicyclic) bond motifs is 7. The second-order valence-electron chi connectivity index (χ2n) is 15.2. The molecule has 0 radical (unpaired) electrons. The third kappa shape index (κ3) is 3.53. The molecule has 4 nitrogen and oxygen atoms in total. The van der Waals surface area contributed by atoms with Gasteiger partial charge in [0.1, 0.15) is 5.60 Å². The summed E-state index contributed by atoms with van der Waals surface area (Å²) in [5.41, 5.74) is 3.30. The number of hydrogen-bond acceptors (Lipinski definition) is 4. The molecule has 208 valence electrons. The first-order valence-corrected chi connectivity index (χ1v) is 14.8. The van der Waals surface area contributed by atoms with E-state index in [0.29, 0.717) is 11.5 Å². The molecule has 38 heavy (non-hydrogen) atoms. The number of carbonyl (C=O) groups is 2. The van der Waals surface area contributed by atoms with Crippen LogP contribution < -0.4 is 0 Å². The van der Waals surface area contributed by atoms with E-state index < -0.39 is 11.0 Å². The molecule has 0 aliphatic heterocycles. The number of allylic oxidation sites excluding steroid dienone is 7. The third-order valence-electron chi connectivity index (χ3n) is 12.1. The molecule has 0 spiro atoms. The van der Waals surface area contributed by atoms with Crippen LogP contribution in [0.4, 0.5) is 0 Å². The van der Waals surface area contributed by atoms with Crippen molar-refractivity contribution in [1.82, 2.24) is 0 Å². The Bertz CT molecular complexity index is 1220. The topological polar surface area (TPSA) is 63.6 Å². The molecule has 3 fully saturated rings. The third-order valence-corrected chi connectivity index (χ3v) is 12.1. The Balaban J connectivity index is 1.61. The zero-order valence-corrected chi connectivity index (χ0v) is 25.1. The van der Waals surface area contributed by atoms with Crippen LogP contribution in [0.5, 0.6) is 0 Å². The van der Waals surface area contributed by atoms with Crippen LogP contribution in [0.25, 0.3) is 0 Å². The first-order chi connectivity index (χ1) is 17.5. The zero-order valence-electron chi connectivity index (χ0n) is 25.1. The summed E-state index contributed by atoms with van der Waals surface area (Å²) in [7, 11) is 0. The molecule has 4 heteroatoms. The summed E-state index contributed by atoms with van der Waals surface area (Å²) in [5.74, 6) is -0.00852. The van der Waals surface area contributed by atoms with Gasteiger partial charge < -0.3 is 9.84 Å². The van der Waals surface area contributed by atoms with Gasteiger partial charge in [0.25, 0.3) is 0 Å². The minimum atomic E-state index is -0.486. The van der Waals surface area contributed by atoms with Gasteiger partial charge in [0, 0.05) is 11.0 Å². The summed E-state index contributed by atoms with van der Waals surface area (Å²) in [6, 6.07) is 0. The first kappa shape index (κ1) is 27.5. The van der Waals surface area contributed by atoms with E-state index >= 15 is 0 Å². The van der Waals surface area contributed by atoms with Crippen LogP contribution in [-0.2, 0) is 14.3 Å². The monoisotopic (exact) mass is 520 g/mol. The summed E-state index contributed by atoms with van der Waals surface area (Å²) in [4.78, 5) is 26.3. The van der Waals surface area contributed by atoms with Crippen LogP contribution in [0.1, 0.15) is 114 Å². The van der Waals surface area contributed by atoms with E-state index in [2.05, 4.69) is 46.8 Å². The van der Waals surface area contributed by atoms with Gasteiger partial charge in [-0.05, 0) is 125 Å². The Morgan fingerprint density at radius 2 is 1.68 bits per heavy atom. The highest BCUT2D eigenvalue weighted by atomic mass is 16.6. The quantitative estimate of drug-likeness (QED) is 0.372. The molecule has 0 heterocycles. The predicted molar refractivity (Wildman–Crippen MR) is 151 cm³/mol. The molecular weight excluding hydrogens is 472 g/mol. The molecule has 0 bridgehead atoms. The van der Waals surface area contributed by atoms with Crippen molar-refractivity contribution in [2.45, 2.75) is 119 Å². The highest BCUT2D eigenvalue weighted by Crippen LogP contribution is 2.76. The molecule has 5 aliphatic rings. The minimum absolute atomic E-state index is 0.0336. The van der Waals surface area contributed by atoms with Gasteiger partial charge in [-0.3, -0.25) is 9.59 Å². The van der Waals surface area contributed by atoms with Crippen molar-refractivity contribution in [2.75, 3.05) is 0 Å². The van der Waals surface area contributed by atoms with E-state index in [4.69, 9.17) is 4.74 Å². The lowest BCUT2D eigenvalue weighted by Gasteiger charge is -2.71. The van der Waals surface area contributed by atoms with Gasteiger partial charge in [0.05, 0.1) is 5.41 Å². The molecule has 0 amide bonds. The van der Waals surface area contributed by atoms with Gasteiger partial charge in [-0.15, -0.1) is 0 Å². The number of aliphatic hydroxyl groups is 1. The molecule has 0 aromatic heterocycles. The van der Waals surface area contributed by atoms with E-state index in [-0.39, 0.29) is 39.2 Å². The summed E-state index contributed by atoms with van der Waals surface area (Å²) >= 11 is 0. The molecule has 0 aromatic carbocycles. The maximum atomic E-state index is 13.6. The van der Waals surface area contributed by atoms with Gasteiger partial charge in [-0.2, -0.15) is 0 Å². The van der Waals surface area contributed by atoms with Gasteiger partial charge >= 0.3 is 5.97 Å². The lowest BCUT2D eigenvalue weighted by Crippen LogP contribution is -2.63. The second-order valence-corrected chi connectivity index (χ2v) is 15.2. The van der Waals surface area contributed by atoms with E-state index in [0.717, 1.165) is 62.5 Å². The van der Waals surface area contributed by atoms with Crippen molar-refractivity contribution in [3.63, 3.8) is 0 Å². The van der Waals surface area contributed by atoms with Crippen LogP contribution in [0.2, 0.25) is 0 Å². The van der Waals surface area contributed by atoms with Crippen LogP contribution in [0.15, 0.2) is 46.3 Å². The summed E-state index contributed by atoms with van der Waals surface area (Å²) in [5, 5.41) is 10.4. The van der Waals surface area contributed by atoms with Gasteiger partial charge in [0.2, 0.25) is 5.78 Å². The number of ether oxygens (including phenoxy) is 1. The summed E-state index contributed by atoms with van der Waals surface area (Å²) in [6.45, 7) is 19.6. The fourth-order valence-corrected chi connectivity index (χ4v) is 9.61. The second kappa shape index (κ2) is 8.21. The molecule has 1 N–H and O–H groups in total. The minimum Gasteiger partial charge on any atom is -0.504 e.